The van der Waals surface area contributed by atoms with Crippen LogP contribution < -0.4 is 10.6 Å². The number of amides is 4. The predicted octanol–water partition coefficient (Wildman–Crippen LogP) is 3.18. The van der Waals surface area contributed by atoms with Gasteiger partial charge in [0.15, 0.2) is 0 Å². The smallest absolute Gasteiger partial charge is 0.328 e. The zero-order valence-corrected chi connectivity index (χ0v) is 20.4. The van der Waals surface area contributed by atoms with Gasteiger partial charge in [0.1, 0.15) is 6.04 Å². The minimum Gasteiger partial charge on any atom is -0.467 e. The van der Waals surface area contributed by atoms with Gasteiger partial charge in [-0.25, -0.2) is 14.4 Å². The molecule has 0 unspecified atom stereocenters. The topological polar surface area (TPSA) is 120 Å². The molecule has 0 saturated carbocycles. The van der Waals surface area contributed by atoms with Gasteiger partial charge in [0.2, 0.25) is 0 Å². The number of ether oxygens (including phenoxy) is 1. The highest BCUT2D eigenvalue weighted by Crippen LogP contribution is 2.27. The van der Waals surface area contributed by atoms with Gasteiger partial charge in [0, 0.05) is 43.2 Å². The third kappa shape index (κ3) is 4.71. The number of hydrogen-bond acceptors (Lipinski definition) is 5. The van der Waals surface area contributed by atoms with E-state index >= 15 is 0 Å². The summed E-state index contributed by atoms with van der Waals surface area (Å²) in [4.78, 5) is 41.8. The van der Waals surface area contributed by atoms with Crippen molar-refractivity contribution >= 4 is 34.6 Å². The zero-order valence-electron chi connectivity index (χ0n) is 20.4. The highest BCUT2D eigenvalue weighted by atomic mass is 16.5. The highest BCUT2D eigenvalue weighted by Gasteiger charge is 2.33. The van der Waals surface area contributed by atoms with Crippen LogP contribution in [0.2, 0.25) is 0 Å². The molecule has 10 heteroatoms. The molecule has 2 aliphatic rings. The molecule has 2 aliphatic heterocycles. The number of anilines is 1. The van der Waals surface area contributed by atoms with Crippen molar-refractivity contribution in [2.45, 2.75) is 44.8 Å². The van der Waals surface area contributed by atoms with Crippen LogP contribution in [-0.2, 0) is 22.5 Å². The van der Waals surface area contributed by atoms with Crippen molar-refractivity contribution in [3.05, 3.63) is 59.3 Å². The predicted molar refractivity (Wildman–Crippen MR) is 134 cm³/mol. The number of rotatable bonds is 5. The number of nitrogens with one attached hydrogen (secondary N) is 3. The number of aromatic nitrogens is 2. The molecule has 10 nitrogen and oxygen atoms in total. The number of piperidine rings is 1. The number of methoxy groups -OCH3 is 1. The molecule has 36 heavy (non-hydrogen) atoms. The van der Waals surface area contributed by atoms with Crippen LogP contribution in [0.4, 0.5) is 15.3 Å². The molecule has 5 rings (SSSR count). The van der Waals surface area contributed by atoms with Crippen LogP contribution in [0.25, 0.3) is 10.9 Å². The Hall–Kier alpha value is -4.08. The Labute approximate surface area is 209 Å². The van der Waals surface area contributed by atoms with E-state index in [-0.39, 0.29) is 18.1 Å². The Bertz CT molecular complexity index is 1300. The van der Waals surface area contributed by atoms with Crippen LogP contribution >= 0.6 is 0 Å². The van der Waals surface area contributed by atoms with Crippen LogP contribution in [0.3, 0.4) is 0 Å². The Kier molecular flexibility index (Phi) is 6.49. The molecule has 4 amide bonds. The van der Waals surface area contributed by atoms with Crippen molar-refractivity contribution in [1.29, 1.82) is 0 Å². The quantitative estimate of drug-likeness (QED) is 0.475. The molecular formula is C26H30N6O4. The van der Waals surface area contributed by atoms with Gasteiger partial charge < -0.3 is 25.2 Å². The number of likely N-dealkylation sites (tertiary alicyclic amines) is 1. The van der Waals surface area contributed by atoms with Gasteiger partial charge in [-0.1, -0.05) is 24.3 Å². The molecule has 1 saturated heterocycles. The number of aryl methyl sites for hydroxylation is 1. The van der Waals surface area contributed by atoms with E-state index in [0.717, 1.165) is 33.3 Å². The Morgan fingerprint density at radius 3 is 2.78 bits per heavy atom. The van der Waals surface area contributed by atoms with E-state index in [1.165, 1.54) is 7.11 Å². The molecule has 0 radical (unpaired) electrons. The summed E-state index contributed by atoms with van der Waals surface area (Å²) in [5, 5.41) is 13.8. The molecular weight excluding hydrogens is 460 g/mol. The summed E-state index contributed by atoms with van der Waals surface area (Å²) in [7, 11) is 1.32. The van der Waals surface area contributed by atoms with E-state index < -0.39 is 12.0 Å². The zero-order chi connectivity index (χ0) is 25.2. The molecule has 1 aromatic heterocycles. The van der Waals surface area contributed by atoms with Gasteiger partial charge in [-0.15, -0.1) is 0 Å². The van der Waals surface area contributed by atoms with E-state index in [1.54, 1.807) is 11.1 Å². The number of hydrogen-bond donors (Lipinski definition) is 3. The maximum absolute atomic E-state index is 13.1. The number of carbonyl (C=O) groups excluding carboxylic acids is 3. The molecule has 3 heterocycles. The first-order chi connectivity index (χ1) is 17.4. The normalized spacial score (nSPS) is 16.9. The highest BCUT2D eigenvalue weighted by molar-refractivity contribution is 5.92. The number of para-hydroxylation sites is 1. The van der Waals surface area contributed by atoms with Crippen LogP contribution in [0.5, 0.6) is 0 Å². The molecule has 3 N–H and O–H groups in total. The van der Waals surface area contributed by atoms with Crippen LogP contribution in [0.1, 0.15) is 29.5 Å². The summed E-state index contributed by atoms with van der Waals surface area (Å²) in [6.45, 7) is 3.52. The van der Waals surface area contributed by atoms with E-state index in [0.29, 0.717) is 38.9 Å². The fourth-order valence-electron chi connectivity index (χ4n) is 5.14. The number of H-pyrrole nitrogens is 1. The van der Waals surface area contributed by atoms with Crippen molar-refractivity contribution in [2.75, 3.05) is 25.5 Å². The lowest BCUT2D eigenvalue weighted by Crippen LogP contribution is -2.54. The Morgan fingerprint density at radius 1 is 1.22 bits per heavy atom. The lowest BCUT2D eigenvalue weighted by molar-refractivity contribution is -0.142. The van der Waals surface area contributed by atoms with Crippen molar-refractivity contribution < 1.29 is 19.1 Å². The summed E-state index contributed by atoms with van der Waals surface area (Å²) in [6, 6.07) is 10.6. The molecule has 1 fully saturated rings. The second kappa shape index (κ2) is 9.88. The van der Waals surface area contributed by atoms with Crippen molar-refractivity contribution in [3.63, 3.8) is 0 Å². The second-order valence-corrected chi connectivity index (χ2v) is 9.41. The van der Waals surface area contributed by atoms with E-state index in [9.17, 15) is 14.4 Å². The minimum atomic E-state index is -0.812. The number of carbonyl (C=O) groups is 3. The molecule has 188 valence electrons. The van der Waals surface area contributed by atoms with Gasteiger partial charge in [-0.05, 0) is 48.6 Å². The van der Waals surface area contributed by atoms with Gasteiger partial charge in [0.25, 0.3) is 0 Å². The van der Waals surface area contributed by atoms with Crippen LogP contribution in [-0.4, -0.2) is 70.3 Å². The average Bonchev–Trinajstić information content (AvgIpc) is 3.37. The van der Waals surface area contributed by atoms with Gasteiger partial charge >= 0.3 is 18.0 Å². The lowest BCUT2D eigenvalue weighted by atomic mass is 10.0. The minimum absolute atomic E-state index is 0.0449. The molecule has 0 bridgehead atoms. The fourth-order valence-corrected chi connectivity index (χ4v) is 5.14. The van der Waals surface area contributed by atoms with Gasteiger partial charge in [0.05, 0.1) is 18.8 Å². The number of urea groups is 2. The first-order valence-corrected chi connectivity index (χ1v) is 12.1. The third-order valence-electron chi connectivity index (χ3n) is 7.08. The second-order valence-electron chi connectivity index (χ2n) is 9.41. The van der Waals surface area contributed by atoms with E-state index in [2.05, 4.69) is 20.8 Å². The average molecular weight is 491 g/mol. The lowest BCUT2D eigenvalue weighted by Gasteiger charge is -2.40. The molecule has 1 atom stereocenters. The van der Waals surface area contributed by atoms with Crippen molar-refractivity contribution in [2.24, 2.45) is 0 Å². The Balaban J connectivity index is 1.20. The maximum atomic E-state index is 13.1. The summed E-state index contributed by atoms with van der Waals surface area (Å²) in [5.74, 6) is -0.494. The maximum Gasteiger partial charge on any atom is 0.328 e. The number of fused-ring (bicyclic) bond motifs is 2. The van der Waals surface area contributed by atoms with Crippen molar-refractivity contribution in [1.82, 2.24) is 25.3 Å². The van der Waals surface area contributed by atoms with Crippen LogP contribution in [0, 0.1) is 6.92 Å². The summed E-state index contributed by atoms with van der Waals surface area (Å²) in [6.07, 6.45) is 3.39. The van der Waals surface area contributed by atoms with E-state index in [4.69, 9.17) is 4.74 Å². The summed E-state index contributed by atoms with van der Waals surface area (Å²) >= 11 is 0. The van der Waals surface area contributed by atoms with Crippen molar-refractivity contribution in [3.8, 4) is 0 Å². The first kappa shape index (κ1) is 23.7. The molecule has 0 spiro atoms. The molecule has 3 aromatic rings. The molecule has 2 aromatic carbocycles. The largest absolute Gasteiger partial charge is 0.467 e. The number of esters is 1. The van der Waals surface area contributed by atoms with Gasteiger partial charge in [-0.3, -0.25) is 5.10 Å². The number of nitrogens with zero attached hydrogens (tertiary/aromatic N) is 3. The Morgan fingerprint density at radius 2 is 2.00 bits per heavy atom. The number of benzene rings is 2. The van der Waals surface area contributed by atoms with Crippen LogP contribution in [0.15, 0.2) is 42.6 Å². The fraction of sp³-hybridized carbons (Fsp3) is 0.385. The van der Waals surface area contributed by atoms with Gasteiger partial charge in [-0.2, -0.15) is 5.10 Å². The monoisotopic (exact) mass is 490 g/mol. The molecule has 0 aliphatic carbocycles. The SMILES string of the molecule is COC(=O)[C@@H](Cc1cc(C)c2[nH]ncc2c1)NC(=O)N1CCC(N2Cc3ccccc3NC2=O)CC1. The summed E-state index contributed by atoms with van der Waals surface area (Å²) in [5.41, 5.74) is 4.81. The number of aromatic amines is 1. The first-order valence-electron chi connectivity index (χ1n) is 12.1. The van der Waals surface area contributed by atoms with E-state index in [1.807, 2.05) is 48.2 Å². The summed E-state index contributed by atoms with van der Waals surface area (Å²) < 4.78 is 4.97. The standard InChI is InChI=1S/C26H30N6O4/c1-16-11-17(12-19-14-27-30-23(16)19)13-22(24(33)36-2)29-25(34)31-9-7-20(8-10-31)32-15-18-5-3-4-6-21(18)28-26(32)35/h3-6,11-12,14,20,22H,7-10,13,15H2,1-2H3,(H,27,30)(H,28,35)(H,29,34)/t22-/m1/s1. The third-order valence-corrected chi connectivity index (χ3v) is 7.08.